The van der Waals surface area contributed by atoms with Gasteiger partial charge in [-0.2, -0.15) is 0 Å². The van der Waals surface area contributed by atoms with Gasteiger partial charge in [-0.05, 0) is 37.1 Å². The molecule has 1 saturated carbocycles. The molecule has 1 aliphatic carbocycles. The zero-order valence-electron chi connectivity index (χ0n) is 9.81. The average Bonchev–Trinajstić information content (AvgIpc) is 3.08. The molecular formula is C12H15N3O3. The molecule has 0 radical (unpaired) electrons. The first-order chi connectivity index (χ1) is 8.49. The summed E-state index contributed by atoms with van der Waals surface area (Å²) in [4.78, 5) is 22.2. The van der Waals surface area contributed by atoms with Crippen LogP contribution in [0.2, 0.25) is 0 Å². The lowest BCUT2D eigenvalue weighted by Gasteiger charge is -2.10. The quantitative estimate of drug-likeness (QED) is 0.681. The van der Waals surface area contributed by atoms with Crippen LogP contribution in [0.25, 0.3) is 0 Å². The molecular weight excluding hydrogens is 234 g/mol. The van der Waals surface area contributed by atoms with E-state index in [1.165, 1.54) is 0 Å². The van der Waals surface area contributed by atoms with Crippen molar-refractivity contribution in [3.63, 3.8) is 0 Å². The molecule has 6 heteroatoms. The average molecular weight is 249 g/mol. The number of nitrogens with one attached hydrogen (secondary N) is 1. The van der Waals surface area contributed by atoms with Crippen LogP contribution in [0.4, 0.5) is 5.69 Å². The third-order valence-corrected chi connectivity index (χ3v) is 2.73. The minimum Gasteiger partial charge on any atom is -0.484 e. The molecule has 0 aromatic heterocycles. The van der Waals surface area contributed by atoms with E-state index in [-0.39, 0.29) is 12.5 Å². The van der Waals surface area contributed by atoms with Crippen molar-refractivity contribution in [3.8, 4) is 5.75 Å². The number of anilines is 1. The molecule has 1 aromatic rings. The minimum absolute atomic E-state index is 0.169. The molecule has 0 saturated heterocycles. The van der Waals surface area contributed by atoms with Crippen LogP contribution >= 0.6 is 0 Å². The van der Waals surface area contributed by atoms with E-state index < -0.39 is 11.4 Å². The molecule has 0 unspecified atom stereocenters. The fourth-order valence-corrected chi connectivity index (χ4v) is 1.41. The SMILES string of the molecule is NC(=O)COc1ccc(NC(=O)C2(N)CC2)cc1. The number of hydrogen-bond acceptors (Lipinski definition) is 4. The highest BCUT2D eigenvalue weighted by Gasteiger charge is 2.45. The van der Waals surface area contributed by atoms with Gasteiger partial charge in [-0.3, -0.25) is 9.59 Å². The summed E-state index contributed by atoms with van der Waals surface area (Å²) < 4.78 is 5.10. The van der Waals surface area contributed by atoms with Gasteiger partial charge in [-0.1, -0.05) is 0 Å². The van der Waals surface area contributed by atoms with E-state index in [1.54, 1.807) is 24.3 Å². The third-order valence-electron chi connectivity index (χ3n) is 2.73. The van der Waals surface area contributed by atoms with Crippen molar-refractivity contribution < 1.29 is 14.3 Å². The number of benzene rings is 1. The smallest absolute Gasteiger partial charge is 0.255 e. The summed E-state index contributed by atoms with van der Waals surface area (Å²) >= 11 is 0. The predicted octanol–water partition coefficient (Wildman–Crippen LogP) is -0.0195. The molecule has 0 spiro atoms. The van der Waals surface area contributed by atoms with E-state index in [1.807, 2.05) is 0 Å². The van der Waals surface area contributed by atoms with Gasteiger partial charge in [0.25, 0.3) is 5.91 Å². The summed E-state index contributed by atoms with van der Waals surface area (Å²) in [5.74, 6) is -0.194. The summed E-state index contributed by atoms with van der Waals surface area (Å²) in [6.07, 6.45) is 1.44. The first kappa shape index (κ1) is 12.4. The molecule has 96 valence electrons. The summed E-state index contributed by atoms with van der Waals surface area (Å²) in [6.45, 7) is -0.169. The van der Waals surface area contributed by atoms with Crippen LogP contribution in [-0.2, 0) is 9.59 Å². The molecule has 0 bridgehead atoms. The molecule has 1 aromatic carbocycles. The minimum atomic E-state index is -0.693. The number of nitrogens with two attached hydrogens (primary N) is 2. The molecule has 1 fully saturated rings. The Balaban J connectivity index is 1.91. The summed E-state index contributed by atoms with van der Waals surface area (Å²) in [7, 11) is 0. The van der Waals surface area contributed by atoms with Gasteiger partial charge >= 0.3 is 0 Å². The molecule has 2 rings (SSSR count). The maximum Gasteiger partial charge on any atom is 0.255 e. The topological polar surface area (TPSA) is 107 Å². The van der Waals surface area contributed by atoms with Gasteiger partial charge in [0.05, 0.1) is 5.54 Å². The summed E-state index contributed by atoms with van der Waals surface area (Å²) in [5.41, 5.74) is 10.7. The van der Waals surface area contributed by atoms with Crippen molar-refractivity contribution in [2.45, 2.75) is 18.4 Å². The first-order valence-corrected chi connectivity index (χ1v) is 5.61. The monoisotopic (exact) mass is 249 g/mol. The Morgan fingerprint density at radius 1 is 1.28 bits per heavy atom. The zero-order chi connectivity index (χ0) is 13.2. The second-order valence-electron chi connectivity index (χ2n) is 4.39. The van der Waals surface area contributed by atoms with Gasteiger partial charge in [0.1, 0.15) is 5.75 Å². The standard InChI is InChI=1S/C12H15N3O3/c13-10(16)7-18-9-3-1-8(2-4-9)15-11(17)12(14)5-6-12/h1-4H,5-7,14H2,(H2,13,16)(H,15,17). The van der Waals surface area contributed by atoms with Crippen molar-refractivity contribution >= 4 is 17.5 Å². The highest BCUT2D eigenvalue weighted by atomic mass is 16.5. The van der Waals surface area contributed by atoms with Crippen molar-refractivity contribution in [2.75, 3.05) is 11.9 Å². The van der Waals surface area contributed by atoms with Crippen LogP contribution in [0, 0.1) is 0 Å². The van der Waals surface area contributed by atoms with Crippen LogP contribution < -0.4 is 21.5 Å². The number of hydrogen-bond donors (Lipinski definition) is 3. The van der Waals surface area contributed by atoms with Gasteiger partial charge in [-0.25, -0.2) is 0 Å². The number of carbonyl (C=O) groups is 2. The third kappa shape index (κ3) is 2.98. The number of primary amides is 1. The van der Waals surface area contributed by atoms with Gasteiger partial charge in [-0.15, -0.1) is 0 Å². The normalized spacial score (nSPS) is 15.8. The summed E-state index contributed by atoms with van der Waals surface area (Å²) in [6, 6.07) is 6.66. The lowest BCUT2D eigenvalue weighted by atomic mass is 10.2. The Kier molecular flexibility index (Phi) is 3.20. The van der Waals surface area contributed by atoms with Crippen LogP contribution in [0.15, 0.2) is 24.3 Å². The maximum atomic E-state index is 11.7. The second kappa shape index (κ2) is 4.66. The van der Waals surface area contributed by atoms with E-state index in [4.69, 9.17) is 16.2 Å². The van der Waals surface area contributed by atoms with Gasteiger partial charge in [0.2, 0.25) is 5.91 Å². The van der Waals surface area contributed by atoms with Crippen molar-refractivity contribution in [1.29, 1.82) is 0 Å². The Labute approximate surface area is 104 Å². The van der Waals surface area contributed by atoms with Crippen LogP contribution in [0.5, 0.6) is 5.75 Å². The Bertz CT molecular complexity index is 466. The Morgan fingerprint density at radius 2 is 1.89 bits per heavy atom. The van der Waals surface area contributed by atoms with Crippen molar-refractivity contribution in [2.24, 2.45) is 11.5 Å². The van der Waals surface area contributed by atoms with Crippen LogP contribution in [0.3, 0.4) is 0 Å². The van der Waals surface area contributed by atoms with Crippen LogP contribution in [-0.4, -0.2) is 24.0 Å². The van der Waals surface area contributed by atoms with Gasteiger partial charge in [0, 0.05) is 5.69 Å². The molecule has 1 aliphatic rings. The van der Waals surface area contributed by atoms with Crippen molar-refractivity contribution in [1.82, 2.24) is 0 Å². The lowest BCUT2D eigenvalue weighted by molar-refractivity contribution is -0.120. The largest absolute Gasteiger partial charge is 0.484 e. The van der Waals surface area contributed by atoms with Crippen molar-refractivity contribution in [3.05, 3.63) is 24.3 Å². The van der Waals surface area contributed by atoms with Crippen LogP contribution in [0.1, 0.15) is 12.8 Å². The Hall–Kier alpha value is -2.08. The fraction of sp³-hybridized carbons (Fsp3) is 0.333. The molecule has 0 heterocycles. The zero-order valence-corrected chi connectivity index (χ0v) is 9.81. The second-order valence-corrected chi connectivity index (χ2v) is 4.39. The van der Waals surface area contributed by atoms with E-state index in [0.29, 0.717) is 11.4 Å². The molecule has 6 nitrogen and oxygen atoms in total. The fourth-order valence-electron chi connectivity index (χ4n) is 1.41. The Morgan fingerprint density at radius 3 is 2.39 bits per heavy atom. The van der Waals surface area contributed by atoms with E-state index in [0.717, 1.165) is 12.8 Å². The molecule has 0 aliphatic heterocycles. The molecule has 5 N–H and O–H groups in total. The summed E-state index contributed by atoms with van der Waals surface area (Å²) in [5, 5.41) is 2.73. The van der Waals surface area contributed by atoms with E-state index >= 15 is 0 Å². The highest BCUT2D eigenvalue weighted by molar-refractivity contribution is 6.00. The van der Waals surface area contributed by atoms with E-state index in [2.05, 4.69) is 5.32 Å². The molecule has 2 amide bonds. The number of amides is 2. The van der Waals surface area contributed by atoms with E-state index in [9.17, 15) is 9.59 Å². The predicted molar refractivity (Wildman–Crippen MR) is 65.9 cm³/mol. The number of carbonyl (C=O) groups excluding carboxylic acids is 2. The number of rotatable bonds is 5. The maximum absolute atomic E-state index is 11.7. The highest BCUT2D eigenvalue weighted by Crippen LogP contribution is 2.33. The van der Waals surface area contributed by atoms with Gasteiger partial charge < -0.3 is 21.5 Å². The molecule has 0 atom stereocenters. The lowest BCUT2D eigenvalue weighted by Crippen LogP contribution is -2.37. The number of ether oxygens (including phenoxy) is 1. The molecule has 18 heavy (non-hydrogen) atoms. The first-order valence-electron chi connectivity index (χ1n) is 5.61. The van der Waals surface area contributed by atoms with Gasteiger partial charge in [0.15, 0.2) is 6.61 Å².